The number of hydrogen-bond donors (Lipinski definition) is 0. The molecule has 244 valence electrons. The van der Waals surface area contributed by atoms with Crippen LogP contribution in [0.15, 0.2) is 97.6 Å². The highest BCUT2D eigenvalue weighted by Gasteiger charge is 2.32. The molecule has 0 N–H and O–H groups in total. The van der Waals surface area contributed by atoms with Gasteiger partial charge in [-0.1, -0.05) is 83.7 Å². The molecule has 0 spiro atoms. The predicted octanol–water partition coefficient (Wildman–Crippen LogP) is 8.84. The van der Waals surface area contributed by atoms with Gasteiger partial charge in [-0.15, -0.1) is 0 Å². The lowest BCUT2D eigenvalue weighted by Crippen LogP contribution is -2.36. The van der Waals surface area contributed by atoms with E-state index in [1.807, 2.05) is 76.8 Å². The van der Waals surface area contributed by atoms with E-state index in [4.69, 9.17) is 9.72 Å². The second-order valence-corrected chi connectivity index (χ2v) is 12.9. The van der Waals surface area contributed by atoms with Crippen LogP contribution in [0.2, 0.25) is 0 Å². The van der Waals surface area contributed by atoms with Gasteiger partial charge in [-0.2, -0.15) is 5.10 Å². The molecule has 0 aliphatic heterocycles. The molecule has 1 unspecified atom stereocenters. The van der Waals surface area contributed by atoms with Gasteiger partial charge in [0.05, 0.1) is 37.1 Å². The van der Waals surface area contributed by atoms with Crippen LogP contribution < -0.4 is 9.64 Å². The van der Waals surface area contributed by atoms with Gasteiger partial charge in [0.2, 0.25) is 5.91 Å². The van der Waals surface area contributed by atoms with E-state index in [0.717, 1.165) is 69.9 Å². The number of ether oxygens (including phenoxy) is 1. The number of amides is 1. The van der Waals surface area contributed by atoms with Crippen LogP contribution in [0.1, 0.15) is 105 Å². The lowest BCUT2D eigenvalue weighted by atomic mass is 9.81. The summed E-state index contributed by atoms with van der Waals surface area (Å²) in [4.78, 5) is 25.8. The lowest BCUT2D eigenvalue weighted by molar-refractivity contribution is -0.120. The topological polar surface area (TPSA) is 73.1 Å². The number of carbonyl (C=O) groups is 1. The Labute approximate surface area is 279 Å². The van der Waals surface area contributed by atoms with Crippen molar-refractivity contribution in [2.45, 2.75) is 91.8 Å². The highest BCUT2D eigenvalue weighted by Crippen LogP contribution is 2.39. The molecule has 0 fully saturated rings. The van der Waals surface area contributed by atoms with Gasteiger partial charge in [-0.25, -0.2) is 0 Å². The molecule has 0 saturated heterocycles. The van der Waals surface area contributed by atoms with Crippen LogP contribution in [0.3, 0.4) is 0 Å². The summed E-state index contributed by atoms with van der Waals surface area (Å²) in [5, 5.41) is 4.64. The van der Waals surface area contributed by atoms with Crippen LogP contribution in [0.5, 0.6) is 5.75 Å². The summed E-state index contributed by atoms with van der Waals surface area (Å²) < 4.78 is 8.23. The van der Waals surface area contributed by atoms with Crippen molar-refractivity contribution < 1.29 is 9.53 Å². The molecule has 1 atom stereocenters. The Bertz CT molecular complexity index is 1740. The molecule has 0 radical (unpaired) electrons. The van der Waals surface area contributed by atoms with Crippen molar-refractivity contribution in [2.75, 3.05) is 4.90 Å². The molecule has 3 aromatic heterocycles. The zero-order valence-electron chi connectivity index (χ0n) is 27.3. The molecular formula is C40H47N5O2. The van der Waals surface area contributed by atoms with Gasteiger partial charge < -0.3 is 9.64 Å². The Morgan fingerprint density at radius 3 is 2.28 bits per heavy atom. The van der Waals surface area contributed by atoms with Gasteiger partial charge in [-0.05, 0) is 77.6 Å². The molecule has 5 aromatic rings. The summed E-state index contributed by atoms with van der Waals surface area (Å²) in [6, 6.07) is 24.6. The standard InChI is InChI=1S/C39H43N5O2.CH4/c1-27(2)36-18-16-30(20-40-36)23-43-24-31(21-42-43)25-44(32-17-19-37(28(3)4)41-22-32)39(45)35-14-8-13-34-33(35)12-9-15-38(34)46-26-29-10-6-5-7-11-29;/h5-7,9-12,15-22,24,27-28,35H,8,13-14,23,25-26H2,1-4H3;1H4. The SMILES string of the molecule is C.CC(C)c1ccc(Cn2cc(CN(C(=O)C3CCCc4c(OCc5ccccc5)cccc43)c3ccc(C(C)C)nc3)cn2)cn1. The number of pyridine rings is 2. The van der Waals surface area contributed by atoms with Gasteiger partial charge in [-0.3, -0.25) is 19.4 Å². The Kier molecular flexibility index (Phi) is 10.9. The molecule has 6 rings (SSSR count). The number of aromatic nitrogens is 4. The Hall–Kier alpha value is -4.78. The molecule has 1 amide bonds. The van der Waals surface area contributed by atoms with Gasteiger partial charge in [0.25, 0.3) is 0 Å². The molecule has 1 aliphatic carbocycles. The molecular weight excluding hydrogens is 582 g/mol. The number of carbonyl (C=O) groups excluding carboxylic acids is 1. The Morgan fingerprint density at radius 2 is 1.60 bits per heavy atom. The fraction of sp³-hybridized carbons (Fsp3) is 0.350. The average Bonchev–Trinajstić information content (AvgIpc) is 3.53. The molecule has 0 bridgehead atoms. The van der Waals surface area contributed by atoms with Crippen LogP contribution in [-0.2, 0) is 30.9 Å². The first-order valence-electron chi connectivity index (χ1n) is 16.4. The van der Waals surface area contributed by atoms with Gasteiger partial charge in [0.1, 0.15) is 12.4 Å². The summed E-state index contributed by atoms with van der Waals surface area (Å²) in [5.41, 5.74) is 8.25. The van der Waals surface area contributed by atoms with E-state index in [-0.39, 0.29) is 19.3 Å². The molecule has 0 saturated carbocycles. The average molecular weight is 630 g/mol. The van der Waals surface area contributed by atoms with Crippen molar-refractivity contribution in [1.82, 2.24) is 19.7 Å². The highest BCUT2D eigenvalue weighted by molar-refractivity contribution is 5.98. The van der Waals surface area contributed by atoms with Crippen LogP contribution in [-0.4, -0.2) is 25.7 Å². The quantitative estimate of drug-likeness (QED) is 0.146. The summed E-state index contributed by atoms with van der Waals surface area (Å²) in [6.45, 7) is 10.1. The third kappa shape index (κ3) is 7.97. The number of nitrogens with zero attached hydrogens (tertiary/aromatic N) is 5. The molecule has 47 heavy (non-hydrogen) atoms. The number of hydrogen-bond acceptors (Lipinski definition) is 5. The molecule has 3 heterocycles. The fourth-order valence-electron chi connectivity index (χ4n) is 6.14. The Balaban J connectivity index is 0.00000433. The predicted molar refractivity (Wildman–Crippen MR) is 189 cm³/mol. The molecule has 7 heteroatoms. The van der Waals surface area contributed by atoms with Crippen LogP contribution >= 0.6 is 0 Å². The van der Waals surface area contributed by atoms with Crippen molar-refractivity contribution in [3.05, 3.63) is 137 Å². The van der Waals surface area contributed by atoms with E-state index >= 15 is 0 Å². The normalized spacial score (nSPS) is 14.0. The first-order chi connectivity index (χ1) is 22.4. The van der Waals surface area contributed by atoms with Gasteiger partial charge in [0.15, 0.2) is 0 Å². The minimum absolute atomic E-state index is 0. The zero-order chi connectivity index (χ0) is 32.0. The van der Waals surface area contributed by atoms with E-state index < -0.39 is 0 Å². The molecule has 7 nitrogen and oxygen atoms in total. The molecule has 2 aromatic carbocycles. The van der Waals surface area contributed by atoms with Crippen molar-refractivity contribution >= 4 is 11.6 Å². The smallest absolute Gasteiger partial charge is 0.234 e. The lowest BCUT2D eigenvalue weighted by Gasteiger charge is -2.31. The molecule has 1 aliphatic rings. The first-order valence-corrected chi connectivity index (χ1v) is 16.4. The third-order valence-corrected chi connectivity index (χ3v) is 8.75. The summed E-state index contributed by atoms with van der Waals surface area (Å²) in [5.74, 6) is 1.36. The number of benzene rings is 2. The van der Waals surface area contributed by atoms with E-state index in [1.54, 1.807) is 0 Å². The third-order valence-electron chi connectivity index (χ3n) is 8.75. The minimum Gasteiger partial charge on any atom is -0.489 e. The monoisotopic (exact) mass is 629 g/mol. The van der Waals surface area contributed by atoms with Crippen molar-refractivity contribution in [1.29, 1.82) is 0 Å². The largest absolute Gasteiger partial charge is 0.489 e. The summed E-state index contributed by atoms with van der Waals surface area (Å²) >= 11 is 0. The Morgan fingerprint density at radius 1 is 0.851 bits per heavy atom. The van der Waals surface area contributed by atoms with Crippen molar-refractivity contribution in [2.24, 2.45) is 0 Å². The summed E-state index contributed by atoms with van der Waals surface area (Å²) in [6.07, 6.45) is 10.3. The zero-order valence-corrected chi connectivity index (χ0v) is 27.3. The van der Waals surface area contributed by atoms with Crippen molar-refractivity contribution in [3.8, 4) is 5.75 Å². The maximum atomic E-state index is 14.6. The van der Waals surface area contributed by atoms with E-state index in [1.165, 1.54) is 0 Å². The first kappa shape index (κ1) is 33.6. The highest BCUT2D eigenvalue weighted by atomic mass is 16.5. The second kappa shape index (κ2) is 15.2. The summed E-state index contributed by atoms with van der Waals surface area (Å²) in [7, 11) is 0. The maximum Gasteiger partial charge on any atom is 0.234 e. The van der Waals surface area contributed by atoms with Crippen LogP contribution in [0.4, 0.5) is 5.69 Å². The van der Waals surface area contributed by atoms with E-state index in [9.17, 15) is 4.79 Å². The van der Waals surface area contributed by atoms with Crippen LogP contribution in [0, 0.1) is 0 Å². The van der Waals surface area contributed by atoms with Crippen LogP contribution in [0.25, 0.3) is 0 Å². The van der Waals surface area contributed by atoms with E-state index in [2.05, 4.69) is 68.1 Å². The van der Waals surface area contributed by atoms with Crippen molar-refractivity contribution in [3.63, 3.8) is 0 Å². The number of anilines is 1. The number of rotatable bonds is 11. The van der Waals surface area contributed by atoms with E-state index in [0.29, 0.717) is 31.5 Å². The van der Waals surface area contributed by atoms with Gasteiger partial charge in [0, 0.05) is 29.3 Å². The second-order valence-electron chi connectivity index (χ2n) is 12.9. The fourth-order valence-corrected chi connectivity index (χ4v) is 6.14. The minimum atomic E-state index is -0.269. The van der Waals surface area contributed by atoms with Gasteiger partial charge >= 0.3 is 0 Å². The number of fused-ring (bicyclic) bond motifs is 1. The maximum absolute atomic E-state index is 14.6.